The summed E-state index contributed by atoms with van der Waals surface area (Å²) in [6, 6.07) is 23.0. The van der Waals surface area contributed by atoms with Crippen molar-refractivity contribution in [3.05, 3.63) is 84.4 Å². The Morgan fingerprint density at radius 3 is 2.14 bits per heavy atom. The first kappa shape index (κ1) is 19.9. The number of sulfonamides is 1. The van der Waals surface area contributed by atoms with E-state index in [1.165, 1.54) is 12.1 Å². The van der Waals surface area contributed by atoms with Gasteiger partial charge in [-0.3, -0.25) is 0 Å². The first-order valence-electron chi connectivity index (χ1n) is 9.00. The summed E-state index contributed by atoms with van der Waals surface area (Å²) in [7, 11) is -3.63. The molecule has 0 aliphatic carbocycles. The summed E-state index contributed by atoms with van der Waals surface area (Å²) in [4.78, 5) is 0.183. The van der Waals surface area contributed by atoms with Crippen molar-refractivity contribution in [2.45, 2.75) is 31.4 Å². The van der Waals surface area contributed by atoms with E-state index < -0.39 is 10.0 Å². The van der Waals surface area contributed by atoms with Gasteiger partial charge in [-0.2, -0.15) is 0 Å². The van der Waals surface area contributed by atoms with Gasteiger partial charge in [0.2, 0.25) is 10.0 Å². The maximum Gasteiger partial charge on any atom is 0.240 e. The van der Waals surface area contributed by atoms with Gasteiger partial charge in [0, 0.05) is 6.54 Å². The minimum absolute atomic E-state index is 0.0589. The monoisotopic (exact) mass is 397 g/mol. The van der Waals surface area contributed by atoms with Crippen LogP contribution in [0.15, 0.2) is 83.8 Å². The van der Waals surface area contributed by atoms with E-state index in [1.54, 1.807) is 12.1 Å². The van der Waals surface area contributed by atoms with Crippen molar-refractivity contribution < 1.29 is 17.9 Å². The van der Waals surface area contributed by atoms with Gasteiger partial charge in [-0.25, -0.2) is 13.1 Å². The molecule has 3 rings (SSSR count). The zero-order valence-electron chi connectivity index (χ0n) is 15.8. The van der Waals surface area contributed by atoms with E-state index in [-0.39, 0.29) is 17.5 Å². The molecule has 6 heteroatoms. The Morgan fingerprint density at radius 2 is 1.46 bits per heavy atom. The van der Waals surface area contributed by atoms with Gasteiger partial charge in [0.15, 0.2) is 0 Å². The predicted octanol–water partition coefficient (Wildman–Crippen LogP) is 4.74. The van der Waals surface area contributed by atoms with Crippen molar-refractivity contribution in [2.75, 3.05) is 0 Å². The number of hydrogen-bond donors (Lipinski definition) is 1. The molecule has 28 heavy (non-hydrogen) atoms. The predicted molar refractivity (Wildman–Crippen MR) is 109 cm³/mol. The Kier molecular flexibility index (Phi) is 6.34. The van der Waals surface area contributed by atoms with Crippen LogP contribution in [0.4, 0.5) is 0 Å². The van der Waals surface area contributed by atoms with Gasteiger partial charge < -0.3 is 9.47 Å². The van der Waals surface area contributed by atoms with Crippen molar-refractivity contribution in [3.63, 3.8) is 0 Å². The topological polar surface area (TPSA) is 64.6 Å². The molecule has 0 fully saturated rings. The normalized spacial score (nSPS) is 11.4. The van der Waals surface area contributed by atoms with E-state index >= 15 is 0 Å². The molecule has 3 aromatic carbocycles. The second kappa shape index (κ2) is 8.91. The summed E-state index contributed by atoms with van der Waals surface area (Å²) in [6.07, 6.45) is 0.0589. The van der Waals surface area contributed by atoms with Gasteiger partial charge in [-0.1, -0.05) is 30.3 Å². The van der Waals surface area contributed by atoms with Crippen LogP contribution in [0.5, 0.6) is 17.2 Å². The van der Waals surface area contributed by atoms with Crippen LogP contribution < -0.4 is 14.2 Å². The molecule has 146 valence electrons. The summed E-state index contributed by atoms with van der Waals surface area (Å²) in [5, 5.41) is 0. The molecule has 0 aliphatic rings. The van der Waals surface area contributed by atoms with E-state index in [1.807, 2.05) is 68.4 Å². The minimum atomic E-state index is -3.63. The number of rotatable bonds is 8. The molecule has 3 aromatic rings. The second-order valence-corrected chi connectivity index (χ2v) is 8.29. The Hall–Kier alpha value is -2.83. The van der Waals surface area contributed by atoms with Crippen molar-refractivity contribution in [2.24, 2.45) is 0 Å². The van der Waals surface area contributed by atoms with Crippen LogP contribution >= 0.6 is 0 Å². The van der Waals surface area contributed by atoms with E-state index in [9.17, 15) is 8.42 Å². The standard InChI is InChI=1S/C22H23NO4S/c1-17(2)26-21-10-6-7-18(15-21)16-23-28(24,25)22-13-11-20(12-14-22)27-19-8-4-3-5-9-19/h3-15,17,23H,16H2,1-2H3. The lowest BCUT2D eigenvalue weighted by Crippen LogP contribution is -2.23. The van der Waals surface area contributed by atoms with E-state index in [0.29, 0.717) is 17.2 Å². The van der Waals surface area contributed by atoms with Gasteiger partial charge in [0.25, 0.3) is 0 Å². The average molecular weight is 397 g/mol. The molecule has 0 radical (unpaired) electrons. The fourth-order valence-electron chi connectivity index (χ4n) is 2.57. The Morgan fingerprint density at radius 1 is 0.821 bits per heavy atom. The molecule has 0 unspecified atom stereocenters. The van der Waals surface area contributed by atoms with Crippen LogP contribution in [0.2, 0.25) is 0 Å². The van der Waals surface area contributed by atoms with Crippen LogP contribution in [-0.2, 0) is 16.6 Å². The van der Waals surface area contributed by atoms with E-state index in [0.717, 1.165) is 5.56 Å². The third kappa shape index (κ3) is 5.58. The van der Waals surface area contributed by atoms with Gasteiger partial charge in [-0.05, 0) is 67.9 Å². The summed E-state index contributed by atoms with van der Waals surface area (Å²) in [6.45, 7) is 4.07. The fourth-order valence-corrected chi connectivity index (χ4v) is 3.59. The largest absolute Gasteiger partial charge is 0.491 e. The molecule has 5 nitrogen and oxygen atoms in total. The summed E-state index contributed by atoms with van der Waals surface area (Å²) in [5.74, 6) is 1.98. The van der Waals surface area contributed by atoms with Crippen molar-refractivity contribution in [3.8, 4) is 17.2 Å². The van der Waals surface area contributed by atoms with Gasteiger partial charge in [0.1, 0.15) is 17.2 Å². The van der Waals surface area contributed by atoms with Gasteiger partial charge >= 0.3 is 0 Å². The molecule has 0 saturated carbocycles. The number of hydrogen-bond acceptors (Lipinski definition) is 4. The minimum Gasteiger partial charge on any atom is -0.491 e. The molecule has 0 saturated heterocycles. The van der Waals surface area contributed by atoms with Crippen LogP contribution in [0.3, 0.4) is 0 Å². The maximum absolute atomic E-state index is 12.6. The molecule has 0 aromatic heterocycles. The smallest absolute Gasteiger partial charge is 0.240 e. The average Bonchev–Trinajstić information content (AvgIpc) is 2.68. The molecule has 0 heterocycles. The highest BCUT2D eigenvalue weighted by Gasteiger charge is 2.14. The van der Waals surface area contributed by atoms with Crippen LogP contribution in [0, 0.1) is 0 Å². The van der Waals surface area contributed by atoms with Crippen molar-refractivity contribution in [1.82, 2.24) is 4.72 Å². The third-order valence-corrected chi connectivity index (χ3v) is 5.27. The number of nitrogens with one attached hydrogen (secondary N) is 1. The van der Waals surface area contributed by atoms with Crippen LogP contribution in [0.25, 0.3) is 0 Å². The Labute approximate surface area is 166 Å². The SMILES string of the molecule is CC(C)Oc1cccc(CNS(=O)(=O)c2ccc(Oc3ccccc3)cc2)c1. The summed E-state index contributed by atoms with van der Waals surface area (Å²) in [5.41, 5.74) is 0.825. The summed E-state index contributed by atoms with van der Waals surface area (Å²) >= 11 is 0. The number of benzene rings is 3. The van der Waals surface area contributed by atoms with Crippen LogP contribution in [-0.4, -0.2) is 14.5 Å². The van der Waals surface area contributed by atoms with Gasteiger partial charge in [0.05, 0.1) is 11.0 Å². The molecular weight excluding hydrogens is 374 g/mol. The third-order valence-electron chi connectivity index (χ3n) is 3.85. The molecule has 0 bridgehead atoms. The zero-order chi connectivity index (χ0) is 20.0. The highest BCUT2D eigenvalue weighted by atomic mass is 32.2. The number of para-hydroxylation sites is 1. The van der Waals surface area contributed by atoms with Crippen LogP contribution in [0.1, 0.15) is 19.4 Å². The first-order valence-corrected chi connectivity index (χ1v) is 10.5. The Balaban J connectivity index is 1.64. The number of ether oxygens (including phenoxy) is 2. The molecular formula is C22H23NO4S. The fraction of sp³-hybridized carbons (Fsp3) is 0.182. The maximum atomic E-state index is 12.6. The molecule has 1 N–H and O–H groups in total. The molecule has 0 spiro atoms. The van der Waals surface area contributed by atoms with Crippen molar-refractivity contribution in [1.29, 1.82) is 0 Å². The molecule has 0 aliphatic heterocycles. The van der Waals surface area contributed by atoms with Crippen molar-refractivity contribution >= 4 is 10.0 Å². The first-order chi connectivity index (χ1) is 13.4. The molecule has 0 atom stereocenters. The summed E-state index contributed by atoms with van der Waals surface area (Å²) < 4.78 is 39.1. The lowest BCUT2D eigenvalue weighted by Gasteiger charge is -2.12. The van der Waals surface area contributed by atoms with E-state index in [4.69, 9.17) is 9.47 Å². The van der Waals surface area contributed by atoms with E-state index in [2.05, 4.69) is 4.72 Å². The highest BCUT2D eigenvalue weighted by Crippen LogP contribution is 2.23. The molecule has 0 amide bonds. The highest BCUT2D eigenvalue weighted by molar-refractivity contribution is 7.89. The zero-order valence-corrected chi connectivity index (χ0v) is 16.6. The van der Waals surface area contributed by atoms with Gasteiger partial charge in [-0.15, -0.1) is 0 Å². The lowest BCUT2D eigenvalue weighted by atomic mass is 10.2. The quantitative estimate of drug-likeness (QED) is 0.596. The second-order valence-electron chi connectivity index (χ2n) is 6.53. The Bertz CT molecular complexity index is 1000. The lowest BCUT2D eigenvalue weighted by molar-refractivity contribution is 0.242.